The van der Waals surface area contributed by atoms with Crippen molar-refractivity contribution < 1.29 is 4.74 Å². The van der Waals surface area contributed by atoms with E-state index in [-0.39, 0.29) is 24.0 Å². The number of hydrogen-bond donors (Lipinski definition) is 2. The Kier molecular flexibility index (Phi) is 9.49. The highest BCUT2D eigenvalue weighted by Gasteiger charge is 2.06. The van der Waals surface area contributed by atoms with Gasteiger partial charge in [0.15, 0.2) is 5.96 Å². The second kappa shape index (κ2) is 12.1. The Hall–Kier alpha value is -2.55. The maximum atomic E-state index is 5.69. The van der Waals surface area contributed by atoms with Crippen LogP contribution in [0.1, 0.15) is 23.6 Å². The second-order valence-electron chi connectivity index (χ2n) is 6.29. The zero-order valence-corrected chi connectivity index (χ0v) is 19.2. The Labute approximate surface area is 189 Å². The first-order valence-corrected chi connectivity index (χ1v) is 9.49. The zero-order valence-electron chi connectivity index (χ0n) is 16.8. The summed E-state index contributed by atoms with van der Waals surface area (Å²) in [6, 6.07) is 18.4. The summed E-state index contributed by atoms with van der Waals surface area (Å²) in [6.45, 7) is 4.72. The first-order valence-electron chi connectivity index (χ1n) is 9.49. The minimum Gasteiger partial charge on any atom is -0.494 e. The number of para-hydroxylation sites is 1. The summed E-state index contributed by atoms with van der Waals surface area (Å²) in [4.78, 5) is 4.34. The number of aliphatic imine (C=N–C) groups is 1. The lowest BCUT2D eigenvalue weighted by molar-refractivity contribution is 0.336. The van der Waals surface area contributed by atoms with Crippen LogP contribution >= 0.6 is 24.0 Å². The maximum Gasteiger partial charge on any atom is 0.191 e. The van der Waals surface area contributed by atoms with Crippen LogP contribution in [-0.4, -0.2) is 29.4 Å². The molecule has 0 aliphatic heterocycles. The van der Waals surface area contributed by atoms with Crippen molar-refractivity contribution >= 4 is 29.9 Å². The molecule has 1 aromatic heterocycles. The van der Waals surface area contributed by atoms with Crippen LogP contribution in [0, 0.1) is 0 Å². The molecule has 0 saturated heterocycles. The lowest BCUT2D eigenvalue weighted by atomic mass is 10.1. The molecule has 2 N–H and O–H groups in total. The summed E-state index contributed by atoms with van der Waals surface area (Å²) in [5.41, 5.74) is 3.55. The van der Waals surface area contributed by atoms with Crippen molar-refractivity contribution in [1.29, 1.82) is 0 Å². The molecule has 0 aliphatic carbocycles. The van der Waals surface area contributed by atoms with Crippen LogP contribution in [0.5, 0.6) is 5.75 Å². The Bertz CT molecular complexity index is 896. The average Bonchev–Trinajstić information content (AvgIpc) is 3.23. The fourth-order valence-electron chi connectivity index (χ4n) is 2.98. The summed E-state index contributed by atoms with van der Waals surface area (Å²) >= 11 is 0. The van der Waals surface area contributed by atoms with Crippen LogP contribution in [0.3, 0.4) is 0 Å². The molecule has 6 nitrogen and oxygen atoms in total. The molecule has 154 valence electrons. The van der Waals surface area contributed by atoms with E-state index >= 15 is 0 Å². The van der Waals surface area contributed by atoms with Gasteiger partial charge in [0.05, 0.1) is 13.2 Å². The maximum absolute atomic E-state index is 5.69. The number of ether oxygens (including phenoxy) is 1. The van der Waals surface area contributed by atoms with Gasteiger partial charge in [0.1, 0.15) is 5.75 Å². The van der Waals surface area contributed by atoms with E-state index in [2.05, 4.69) is 51.1 Å². The molecular formula is C22H28IN5O. The van der Waals surface area contributed by atoms with Crippen LogP contribution in [0.25, 0.3) is 0 Å². The molecule has 0 aliphatic rings. The Morgan fingerprint density at radius 1 is 0.966 bits per heavy atom. The topological polar surface area (TPSA) is 63.5 Å². The van der Waals surface area contributed by atoms with Crippen LogP contribution < -0.4 is 15.4 Å². The minimum atomic E-state index is 0. The Balaban J connectivity index is 0.00000300. The highest BCUT2D eigenvalue weighted by atomic mass is 127. The third-order valence-electron chi connectivity index (χ3n) is 4.40. The number of nitrogens with one attached hydrogen (secondary N) is 2. The first-order chi connectivity index (χ1) is 13.8. The molecule has 0 amide bonds. The molecule has 3 rings (SSSR count). The third kappa shape index (κ3) is 6.77. The van der Waals surface area contributed by atoms with E-state index in [0.29, 0.717) is 19.7 Å². The van der Waals surface area contributed by atoms with Gasteiger partial charge in [-0.3, -0.25) is 9.67 Å². The lowest BCUT2D eigenvalue weighted by Gasteiger charge is -2.16. The van der Waals surface area contributed by atoms with Gasteiger partial charge in [0.25, 0.3) is 0 Å². The molecule has 29 heavy (non-hydrogen) atoms. The van der Waals surface area contributed by atoms with Crippen molar-refractivity contribution in [2.24, 2.45) is 4.99 Å². The number of aromatic nitrogens is 2. The highest BCUT2D eigenvalue weighted by molar-refractivity contribution is 14.0. The molecule has 3 aromatic rings. The lowest BCUT2D eigenvalue weighted by Crippen LogP contribution is -2.36. The highest BCUT2D eigenvalue weighted by Crippen LogP contribution is 2.17. The van der Waals surface area contributed by atoms with Crippen LogP contribution in [-0.2, 0) is 19.6 Å². The molecule has 7 heteroatoms. The number of nitrogens with zero attached hydrogens (tertiary/aromatic N) is 3. The standard InChI is InChI=1S/C22H27N5O.HI/c1-3-28-21-12-7-6-10-19(21)16-25-22(23-2)24-15-18-9-4-5-11-20(18)17-27-14-8-13-26-27;/h4-14H,3,15-17H2,1-2H3,(H2,23,24,25);1H. The van der Waals surface area contributed by atoms with E-state index in [1.807, 2.05) is 42.1 Å². The second-order valence-corrected chi connectivity index (χ2v) is 6.29. The van der Waals surface area contributed by atoms with Gasteiger partial charge in [-0.05, 0) is 30.2 Å². The van der Waals surface area contributed by atoms with E-state index < -0.39 is 0 Å². The van der Waals surface area contributed by atoms with E-state index in [1.165, 1.54) is 11.1 Å². The normalized spacial score (nSPS) is 10.9. The van der Waals surface area contributed by atoms with Crippen LogP contribution in [0.2, 0.25) is 0 Å². The molecule has 0 fully saturated rings. The van der Waals surface area contributed by atoms with Crippen LogP contribution in [0.4, 0.5) is 0 Å². The monoisotopic (exact) mass is 505 g/mol. The molecule has 0 spiro atoms. The van der Waals surface area contributed by atoms with Crippen molar-refractivity contribution in [3.05, 3.63) is 83.7 Å². The average molecular weight is 505 g/mol. The number of halogens is 1. The Morgan fingerprint density at radius 2 is 1.62 bits per heavy atom. The molecule has 0 bridgehead atoms. The van der Waals surface area contributed by atoms with Crippen molar-refractivity contribution in [3.8, 4) is 5.75 Å². The largest absolute Gasteiger partial charge is 0.494 e. The molecular weight excluding hydrogens is 477 g/mol. The fraction of sp³-hybridized carbons (Fsp3) is 0.273. The van der Waals surface area contributed by atoms with Gasteiger partial charge in [-0.15, -0.1) is 24.0 Å². The predicted molar refractivity (Wildman–Crippen MR) is 128 cm³/mol. The first kappa shape index (κ1) is 22.7. The molecule has 1 heterocycles. The van der Waals surface area contributed by atoms with Gasteiger partial charge in [-0.1, -0.05) is 42.5 Å². The zero-order chi connectivity index (χ0) is 19.6. The minimum absolute atomic E-state index is 0. The number of guanidine groups is 1. The number of rotatable bonds is 8. The fourth-order valence-corrected chi connectivity index (χ4v) is 2.98. The van der Waals surface area contributed by atoms with E-state index in [0.717, 1.165) is 23.8 Å². The predicted octanol–water partition coefficient (Wildman–Crippen LogP) is 3.81. The number of benzene rings is 2. The molecule has 0 radical (unpaired) electrons. The molecule has 0 atom stereocenters. The third-order valence-corrected chi connectivity index (χ3v) is 4.40. The Morgan fingerprint density at radius 3 is 2.28 bits per heavy atom. The van der Waals surface area contributed by atoms with Gasteiger partial charge in [-0.25, -0.2) is 0 Å². The van der Waals surface area contributed by atoms with Crippen molar-refractivity contribution in [2.45, 2.75) is 26.6 Å². The quantitative estimate of drug-likeness (QED) is 0.278. The molecule has 0 unspecified atom stereocenters. The molecule has 0 saturated carbocycles. The summed E-state index contributed by atoms with van der Waals surface area (Å²) in [6.07, 6.45) is 3.77. The van der Waals surface area contributed by atoms with Gasteiger partial charge < -0.3 is 15.4 Å². The molecule has 2 aromatic carbocycles. The van der Waals surface area contributed by atoms with Gasteiger partial charge >= 0.3 is 0 Å². The summed E-state index contributed by atoms with van der Waals surface area (Å²) < 4.78 is 7.62. The van der Waals surface area contributed by atoms with Crippen molar-refractivity contribution in [3.63, 3.8) is 0 Å². The van der Waals surface area contributed by atoms with Gasteiger partial charge in [0.2, 0.25) is 0 Å². The van der Waals surface area contributed by atoms with Crippen molar-refractivity contribution in [2.75, 3.05) is 13.7 Å². The van der Waals surface area contributed by atoms with E-state index in [1.54, 1.807) is 13.2 Å². The van der Waals surface area contributed by atoms with Crippen molar-refractivity contribution in [1.82, 2.24) is 20.4 Å². The van der Waals surface area contributed by atoms with Gasteiger partial charge in [0, 0.05) is 38.1 Å². The summed E-state index contributed by atoms with van der Waals surface area (Å²) in [7, 11) is 1.78. The smallest absolute Gasteiger partial charge is 0.191 e. The number of hydrogen-bond acceptors (Lipinski definition) is 3. The summed E-state index contributed by atoms with van der Waals surface area (Å²) in [5.74, 6) is 1.65. The SMILES string of the molecule is CCOc1ccccc1CNC(=NC)NCc1ccccc1Cn1cccn1.I. The van der Waals surface area contributed by atoms with E-state index in [4.69, 9.17) is 4.74 Å². The van der Waals surface area contributed by atoms with E-state index in [9.17, 15) is 0 Å². The van der Waals surface area contributed by atoms with Crippen LogP contribution in [0.15, 0.2) is 72.0 Å². The van der Waals surface area contributed by atoms with Gasteiger partial charge in [-0.2, -0.15) is 5.10 Å². The summed E-state index contributed by atoms with van der Waals surface area (Å²) in [5, 5.41) is 11.1.